The van der Waals surface area contributed by atoms with Gasteiger partial charge in [0.1, 0.15) is 11.2 Å². The number of likely N-dealkylation sites (tertiary alicyclic amines) is 2. The third-order valence-electron chi connectivity index (χ3n) is 6.55. The molecule has 2 atom stereocenters. The molecule has 6 heteroatoms. The van der Waals surface area contributed by atoms with E-state index in [1.165, 1.54) is 25.3 Å². The standard InChI is InChI=1S/C20H25FN2O3/c1-13-5-6-15(7-17(13)21)18(24)23-10-16-9-22(8-14-3-2-4-14)11-20(16,12-23)19(25)26/h5-7,14,16H,2-4,8-12H2,1H3,(H,25,26)/t16-,20-/m1/s1. The summed E-state index contributed by atoms with van der Waals surface area (Å²) in [6, 6.07) is 4.46. The van der Waals surface area contributed by atoms with E-state index in [1.54, 1.807) is 24.0 Å². The molecule has 1 saturated carbocycles. The van der Waals surface area contributed by atoms with Crippen LogP contribution in [0.15, 0.2) is 18.2 Å². The van der Waals surface area contributed by atoms with Crippen molar-refractivity contribution in [2.24, 2.45) is 17.3 Å². The normalized spacial score (nSPS) is 28.8. The molecule has 0 spiro atoms. The summed E-state index contributed by atoms with van der Waals surface area (Å²) < 4.78 is 13.8. The first kappa shape index (κ1) is 17.5. The van der Waals surface area contributed by atoms with Gasteiger partial charge in [0.25, 0.3) is 5.91 Å². The maximum Gasteiger partial charge on any atom is 0.313 e. The molecule has 140 valence electrons. The van der Waals surface area contributed by atoms with Gasteiger partial charge in [-0.3, -0.25) is 9.59 Å². The Morgan fingerprint density at radius 2 is 2.04 bits per heavy atom. The topological polar surface area (TPSA) is 60.9 Å². The van der Waals surface area contributed by atoms with E-state index in [4.69, 9.17) is 0 Å². The number of rotatable bonds is 4. The van der Waals surface area contributed by atoms with Crippen molar-refractivity contribution in [3.8, 4) is 0 Å². The third-order valence-corrected chi connectivity index (χ3v) is 6.55. The Morgan fingerprint density at radius 1 is 1.27 bits per heavy atom. The second-order valence-corrected chi connectivity index (χ2v) is 8.30. The number of nitrogens with zero attached hydrogens (tertiary/aromatic N) is 2. The van der Waals surface area contributed by atoms with Gasteiger partial charge in [0.05, 0.1) is 0 Å². The summed E-state index contributed by atoms with van der Waals surface area (Å²) >= 11 is 0. The molecule has 26 heavy (non-hydrogen) atoms. The first-order valence-corrected chi connectivity index (χ1v) is 9.40. The molecular weight excluding hydrogens is 335 g/mol. The highest BCUT2D eigenvalue weighted by molar-refractivity contribution is 5.95. The summed E-state index contributed by atoms with van der Waals surface area (Å²) in [5.74, 6) is -0.851. The summed E-state index contributed by atoms with van der Waals surface area (Å²) in [6.45, 7) is 4.51. The van der Waals surface area contributed by atoms with Crippen LogP contribution in [-0.2, 0) is 4.79 Å². The summed E-state index contributed by atoms with van der Waals surface area (Å²) in [7, 11) is 0. The summed E-state index contributed by atoms with van der Waals surface area (Å²) in [5, 5.41) is 9.92. The first-order valence-electron chi connectivity index (χ1n) is 9.40. The van der Waals surface area contributed by atoms with Gasteiger partial charge in [-0.2, -0.15) is 0 Å². The number of fused-ring (bicyclic) bond motifs is 1. The average molecular weight is 360 g/mol. The lowest BCUT2D eigenvalue weighted by atomic mass is 9.81. The minimum absolute atomic E-state index is 0.0562. The van der Waals surface area contributed by atoms with Gasteiger partial charge in [-0.05, 0) is 43.4 Å². The number of hydrogen-bond donors (Lipinski definition) is 1. The fourth-order valence-corrected chi connectivity index (χ4v) is 4.71. The highest BCUT2D eigenvalue weighted by Crippen LogP contribution is 2.44. The Bertz CT molecular complexity index is 749. The molecule has 1 aromatic carbocycles. The summed E-state index contributed by atoms with van der Waals surface area (Å²) in [4.78, 5) is 28.7. The van der Waals surface area contributed by atoms with Gasteiger partial charge in [0, 0.05) is 44.2 Å². The van der Waals surface area contributed by atoms with Crippen molar-refractivity contribution in [2.45, 2.75) is 26.2 Å². The number of carbonyl (C=O) groups excluding carboxylic acids is 1. The zero-order chi connectivity index (χ0) is 18.5. The molecule has 1 aromatic rings. The monoisotopic (exact) mass is 360 g/mol. The van der Waals surface area contributed by atoms with E-state index in [2.05, 4.69) is 4.90 Å². The van der Waals surface area contributed by atoms with Crippen molar-refractivity contribution >= 4 is 11.9 Å². The molecule has 3 fully saturated rings. The average Bonchev–Trinajstić information content (AvgIpc) is 3.08. The van der Waals surface area contributed by atoms with Gasteiger partial charge in [-0.1, -0.05) is 12.5 Å². The predicted octanol–water partition coefficient (Wildman–Crippen LogP) is 2.39. The smallest absolute Gasteiger partial charge is 0.313 e. The van der Waals surface area contributed by atoms with Crippen LogP contribution in [-0.4, -0.2) is 59.5 Å². The molecule has 3 aliphatic rings. The zero-order valence-corrected chi connectivity index (χ0v) is 15.1. The maximum absolute atomic E-state index is 13.8. The Kier molecular flexibility index (Phi) is 4.26. The number of hydrogen-bond acceptors (Lipinski definition) is 3. The lowest BCUT2D eigenvalue weighted by molar-refractivity contribution is -0.148. The van der Waals surface area contributed by atoms with E-state index in [0.717, 1.165) is 13.1 Å². The summed E-state index contributed by atoms with van der Waals surface area (Å²) in [5.41, 5.74) is -0.101. The highest BCUT2D eigenvalue weighted by Gasteiger charge is 2.58. The SMILES string of the molecule is Cc1ccc(C(=O)N2C[C@H]3CN(CC4CCC4)C[C@@]3(C(=O)O)C2)cc1F. The first-order chi connectivity index (χ1) is 12.4. The predicted molar refractivity (Wildman–Crippen MR) is 94.4 cm³/mol. The molecule has 5 nitrogen and oxygen atoms in total. The number of carboxylic acids is 1. The fourth-order valence-electron chi connectivity index (χ4n) is 4.71. The van der Waals surface area contributed by atoms with Crippen LogP contribution >= 0.6 is 0 Å². The minimum Gasteiger partial charge on any atom is -0.481 e. The van der Waals surface area contributed by atoms with Gasteiger partial charge in [0.15, 0.2) is 0 Å². The third kappa shape index (κ3) is 2.80. The van der Waals surface area contributed by atoms with Crippen molar-refractivity contribution in [1.82, 2.24) is 9.80 Å². The Hall–Kier alpha value is -1.95. The molecule has 4 rings (SSSR count). The Balaban J connectivity index is 1.49. The number of carboxylic acid groups (broad SMARTS) is 1. The van der Waals surface area contributed by atoms with Crippen LogP contribution in [0.3, 0.4) is 0 Å². The van der Waals surface area contributed by atoms with Crippen LogP contribution in [0, 0.1) is 30.0 Å². The van der Waals surface area contributed by atoms with E-state index >= 15 is 0 Å². The molecule has 0 aromatic heterocycles. The van der Waals surface area contributed by atoms with Crippen LogP contribution in [0.2, 0.25) is 0 Å². The van der Waals surface area contributed by atoms with E-state index < -0.39 is 17.2 Å². The molecule has 2 heterocycles. The molecule has 0 unspecified atom stereocenters. The van der Waals surface area contributed by atoms with E-state index in [-0.39, 0.29) is 18.4 Å². The highest BCUT2D eigenvalue weighted by atomic mass is 19.1. The second-order valence-electron chi connectivity index (χ2n) is 8.30. The Morgan fingerprint density at radius 3 is 2.62 bits per heavy atom. The largest absolute Gasteiger partial charge is 0.481 e. The second kappa shape index (κ2) is 6.34. The van der Waals surface area contributed by atoms with Crippen molar-refractivity contribution in [2.75, 3.05) is 32.7 Å². The van der Waals surface area contributed by atoms with Crippen LogP contribution in [0.4, 0.5) is 4.39 Å². The molecule has 2 aliphatic heterocycles. The zero-order valence-electron chi connectivity index (χ0n) is 15.1. The number of benzene rings is 1. The van der Waals surface area contributed by atoms with Gasteiger partial charge in [0.2, 0.25) is 0 Å². The van der Waals surface area contributed by atoms with Crippen LogP contribution < -0.4 is 0 Å². The number of aryl methyl sites for hydroxylation is 1. The van der Waals surface area contributed by atoms with Crippen LogP contribution in [0.25, 0.3) is 0 Å². The molecule has 2 saturated heterocycles. The van der Waals surface area contributed by atoms with E-state index in [1.807, 2.05) is 0 Å². The fraction of sp³-hybridized carbons (Fsp3) is 0.600. The summed E-state index contributed by atoms with van der Waals surface area (Å²) in [6.07, 6.45) is 3.76. The van der Waals surface area contributed by atoms with Crippen LogP contribution in [0.1, 0.15) is 35.2 Å². The number of carbonyl (C=O) groups is 2. The van der Waals surface area contributed by atoms with Crippen molar-refractivity contribution < 1.29 is 19.1 Å². The van der Waals surface area contributed by atoms with E-state index in [9.17, 15) is 19.1 Å². The molecule has 1 aliphatic carbocycles. The molecule has 0 bridgehead atoms. The van der Waals surface area contributed by atoms with Gasteiger partial charge in [-0.25, -0.2) is 4.39 Å². The van der Waals surface area contributed by atoms with Crippen molar-refractivity contribution in [3.63, 3.8) is 0 Å². The molecule has 1 N–H and O–H groups in total. The number of halogens is 1. The maximum atomic E-state index is 13.8. The Labute approximate surface area is 152 Å². The number of amides is 1. The van der Waals surface area contributed by atoms with Gasteiger partial charge >= 0.3 is 5.97 Å². The van der Waals surface area contributed by atoms with Crippen molar-refractivity contribution in [1.29, 1.82) is 0 Å². The molecule has 0 radical (unpaired) electrons. The van der Waals surface area contributed by atoms with Crippen LogP contribution in [0.5, 0.6) is 0 Å². The quantitative estimate of drug-likeness (QED) is 0.896. The lowest BCUT2D eigenvalue weighted by Crippen LogP contribution is -2.43. The van der Waals surface area contributed by atoms with E-state index in [0.29, 0.717) is 30.1 Å². The molecule has 1 amide bonds. The number of aliphatic carboxylic acids is 1. The van der Waals surface area contributed by atoms with Gasteiger partial charge < -0.3 is 14.9 Å². The van der Waals surface area contributed by atoms with Gasteiger partial charge in [-0.15, -0.1) is 0 Å². The van der Waals surface area contributed by atoms with Crippen molar-refractivity contribution in [3.05, 3.63) is 35.1 Å². The lowest BCUT2D eigenvalue weighted by Gasteiger charge is -2.31. The molecular formula is C20H25FN2O3. The minimum atomic E-state index is -0.886.